The lowest BCUT2D eigenvalue weighted by molar-refractivity contribution is -0.130. The first kappa shape index (κ1) is 14.8. The van der Waals surface area contributed by atoms with Crippen molar-refractivity contribution in [1.82, 2.24) is 4.90 Å². The van der Waals surface area contributed by atoms with Gasteiger partial charge in [-0.15, -0.1) is 13.2 Å². The van der Waals surface area contributed by atoms with Crippen LogP contribution in [0.2, 0.25) is 0 Å². The van der Waals surface area contributed by atoms with E-state index in [0.717, 1.165) is 0 Å². The lowest BCUT2D eigenvalue weighted by atomic mass is 10.3. The van der Waals surface area contributed by atoms with Gasteiger partial charge in [0.1, 0.15) is 5.75 Å². The number of benzene rings is 1. The van der Waals surface area contributed by atoms with E-state index < -0.39 is 0 Å². The monoisotopic (exact) mass is 260 g/mol. The molecule has 0 spiro atoms. The van der Waals surface area contributed by atoms with Gasteiger partial charge in [0.05, 0.1) is 13.0 Å². The van der Waals surface area contributed by atoms with Gasteiger partial charge in [-0.1, -0.05) is 18.2 Å². The topological polar surface area (TPSA) is 55.6 Å². The minimum atomic E-state index is 0.0173. The zero-order chi connectivity index (χ0) is 14.1. The Morgan fingerprint density at radius 2 is 2.00 bits per heavy atom. The summed E-state index contributed by atoms with van der Waals surface area (Å²) in [6.45, 7) is 8.62. The Labute approximate surface area is 114 Å². The second-order valence-corrected chi connectivity index (χ2v) is 4.05. The molecule has 0 aliphatic heterocycles. The maximum atomic E-state index is 11.9. The van der Waals surface area contributed by atoms with Gasteiger partial charge in [0.25, 0.3) is 0 Å². The largest absolute Gasteiger partial charge is 0.493 e. The van der Waals surface area contributed by atoms with Crippen molar-refractivity contribution in [2.24, 2.45) is 0 Å². The molecule has 102 valence electrons. The van der Waals surface area contributed by atoms with Gasteiger partial charge in [-0.05, 0) is 12.1 Å². The van der Waals surface area contributed by atoms with Crippen LogP contribution in [0.3, 0.4) is 0 Å². The fourth-order valence-electron chi connectivity index (χ4n) is 1.61. The van der Waals surface area contributed by atoms with Crippen LogP contribution in [-0.4, -0.2) is 30.5 Å². The van der Waals surface area contributed by atoms with Crippen LogP contribution in [0.25, 0.3) is 0 Å². The van der Waals surface area contributed by atoms with Crippen LogP contribution in [-0.2, 0) is 4.79 Å². The van der Waals surface area contributed by atoms with E-state index in [2.05, 4.69) is 13.2 Å². The molecule has 4 nitrogen and oxygen atoms in total. The molecule has 0 aromatic heterocycles. The summed E-state index contributed by atoms with van der Waals surface area (Å²) in [5.74, 6) is 0.690. The molecule has 1 amide bonds. The molecule has 1 aromatic carbocycles. The zero-order valence-electron chi connectivity index (χ0n) is 11.0. The third-order valence-corrected chi connectivity index (χ3v) is 2.49. The number of hydrogen-bond acceptors (Lipinski definition) is 3. The number of carbonyl (C=O) groups excluding carboxylic acids is 1. The third-order valence-electron chi connectivity index (χ3n) is 2.49. The van der Waals surface area contributed by atoms with Crippen molar-refractivity contribution in [2.75, 3.05) is 25.4 Å². The molecule has 0 bridgehead atoms. The van der Waals surface area contributed by atoms with Crippen molar-refractivity contribution in [3.63, 3.8) is 0 Å². The van der Waals surface area contributed by atoms with Crippen molar-refractivity contribution in [3.05, 3.63) is 49.6 Å². The van der Waals surface area contributed by atoms with Crippen LogP contribution in [0.4, 0.5) is 5.69 Å². The van der Waals surface area contributed by atoms with Gasteiger partial charge in [0.2, 0.25) is 5.91 Å². The molecule has 0 aliphatic rings. The summed E-state index contributed by atoms with van der Waals surface area (Å²) in [4.78, 5) is 13.6. The summed E-state index contributed by atoms with van der Waals surface area (Å²) < 4.78 is 5.48. The maximum absolute atomic E-state index is 11.9. The molecule has 0 saturated heterocycles. The summed E-state index contributed by atoms with van der Waals surface area (Å²) in [6.07, 6.45) is 3.71. The molecule has 0 saturated carbocycles. The molecule has 0 aliphatic carbocycles. The highest BCUT2D eigenvalue weighted by molar-refractivity contribution is 5.76. The van der Waals surface area contributed by atoms with Gasteiger partial charge in [-0.2, -0.15) is 0 Å². The SMILES string of the molecule is C=CCN(CC=C)C(=O)CCOc1cccc(N)c1. The molecule has 2 N–H and O–H groups in total. The smallest absolute Gasteiger partial charge is 0.226 e. The molecule has 0 fully saturated rings. The summed E-state index contributed by atoms with van der Waals surface area (Å²) in [5.41, 5.74) is 6.28. The van der Waals surface area contributed by atoms with E-state index in [9.17, 15) is 4.79 Å². The van der Waals surface area contributed by atoms with E-state index in [1.165, 1.54) is 0 Å². The molecular weight excluding hydrogens is 240 g/mol. The van der Waals surface area contributed by atoms with E-state index in [1.54, 1.807) is 29.2 Å². The minimum absolute atomic E-state index is 0.0173. The first-order valence-corrected chi connectivity index (χ1v) is 6.15. The molecule has 0 atom stereocenters. The van der Waals surface area contributed by atoms with Gasteiger partial charge < -0.3 is 15.4 Å². The maximum Gasteiger partial charge on any atom is 0.226 e. The molecular formula is C15H20N2O2. The zero-order valence-corrected chi connectivity index (χ0v) is 11.0. The fourth-order valence-corrected chi connectivity index (χ4v) is 1.61. The van der Waals surface area contributed by atoms with Gasteiger partial charge in [-0.3, -0.25) is 4.79 Å². The minimum Gasteiger partial charge on any atom is -0.493 e. The Bertz CT molecular complexity index is 434. The Balaban J connectivity index is 2.40. The van der Waals surface area contributed by atoms with Crippen LogP contribution in [0.15, 0.2) is 49.6 Å². The Morgan fingerprint density at radius 1 is 1.32 bits per heavy atom. The highest BCUT2D eigenvalue weighted by atomic mass is 16.5. The van der Waals surface area contributed by atoms with E-state index in [0.29, 0.717) is 37.6 Å². The van der Waals surface area contributed by atoms with Gasteiger partial charge in [-0.25, -0.2) is 0 Å². The quantitative estimate of drug-likeness (QED) is 0.576. The molecule has 19 heavy (non-hydrogen) atoms. The summed E-state index contributed by atoms with van der Waals surface area (Å²) in [7, 11) is 0. The number of rotatable bonds is 8. The normalized spacial score (nSPS) is 9.68. The lowest BCUT2D eigenvalue weighted by Gasteiger charge is -2.19. The van der Waals surface area contributed by atoms with Crippen LogP contribution >= 0.6 is 0 Å². The standard InChI is InChI=1S/C15H20N2O2/c1-3-9-17(10-4-2)15(18)8-11-19-14-7-5-6-13(16)12-14/h3-7,12H,1-2,8-11,16H2. The van der Waals surface area contributed by atoms with Crippen LogP contribution in [0.1, 0.15) is 6.42 Å². The number of anilines is 1. The first-order chi connectivity index (χ1) is 9.17. The highest BCUT2D eigenvalue weighted by Crippen LogP contribution is 2.14. The Hall–Kier alpha value is -2.23. The number of carbonyl (C=O) groups is 1. The van der Waals surface area contributed by atoms with Crippen molar-refractivity contribution in [1.29, 1.82) is 0 Å². The number of nitrogen functional groups attached to an aromatic ring is 1. The number of nitrogens with two attached hydrogens (primary N) is 1. The number of hydrogen-bond donors (Lipinski definition) is 1. The van der Waals surface area contributed by atoms with Crippen LogP contribution in [0, 0.1) is 0 Å². The van der Waals surface area contributed by atoms with Crippen LogP contribution < -0.4 is 10.5 Å². The average molecular weight is 260 g/mol. The molecule has 0 heterocycles. The number of nitrogens with zero attached hydrogens (tertiary/aromatic N) is 1. The second-order valence-electron chi connectivity index (χ2n) is 4.05. The summed E-state index contributed by atoms with van der Waals surface area (Å²) in [6, 6.07) is 7.14. The third kappa shape index (κ3) is 5.29. The predicted octanol–water partition coefficient (Wildman–Crippen LogP) is 2.24. The fraction of sp³-hybridized carbons (Fsp3) is 0.267. The van der Waals surface area contributed by atoms with E-state index in [4.69, 9.17) is 10.5 Å². The van der Waals surface area contributed by atoms with Gasteiger partial charge in [0, 0.05) is 24.8 Å². The summed E-state index contributed by atoms with van der Waals surface area (Å²) >= 11 is 0. The first-order valence-electron chi connectivity index (χ1n) is 6.15. The molecule has 4 heteroatoms. The average Bonchev–Trinajstić information content (AvgIpc) is 2.38. The molecule has 1 aromatic rings. The van der Waals surface area contributed by atoms with Gasteiger partial charge >= 0.3 is 0 Å². The lowest BCUT2D eigenvalue weighted by Crippen LogP contribution is -2.32. The van der Waals surface area contributed by atoms with E-state index in [-0.39, 0.29) is 5.91 Å². The second kappa shape index (κ2) is 7.97. The highest BCUT2D eigenvalue weighted by Gasteiger charge is 2.10. The number of ether oxygens (including phenoxy) is 1. The van der Waals surface area contributed by atoms with Crippen molar-refractivity contribution >= 4 is 11.6 Å². The Kier molecular flexibility index (Phi) is 6.22. The van der Waals surface area contributed by atoms with Crippen molar-refractivity contribution in [2.45, 2.75) is 6.42 Å². The molecule has 0 radical (unpaired) electrons. The Morgan fingerprint density at radius 3 is 2.58 bits per heavy atom. The van der Waals surface area contributed by atoms with Gasteiger partial charge in [0.15, 0.2) is 0 Å². The molecule has 0 unspecified atom stereocenters. The van der Waals surface area contributed by atoms with E-state index in [1.807, 2.05) is 12.1 Å². The molecule has 1 rings (SSSR count). The predicted molar refractivity (Wildman–Crippen MR) is 77.9 cm³/mol. The van der Waals surface area contributed by atoms with E-state index >= 15 is 0 Å². The van der Waals surface area contributed by atoms with Crippen LogP contribution in [0.5, 0.6) is 5.75 Å². The number of amides is 1. The van der Waals surface area contributed by atoms with Crippen molar-refractivity contribution in [3.8, 4) is 5.75 Å². The summed E-state index contributed by atoms with van der Waals surface area (Å²) in [5, 5.41) is 0. The van der Waals surface area contributed by atoms with Crippen molar-refractivity contribution < 1.29 is 9.53 Å².